The van der Waals surface area contributed by atoms with Gasteiger partial charge >= 0.3 is 0 Å². The highest BCUT2D eigenvalue weighted by molar-refractivity contribution is 7.15. The van der Waals surface area contributed by atoms with Gasteiger partial charge in [-0.15, -0.1) is 11.3 Å². The molecule has 0 spiro atoms. The molecular formula is C16H27N3O2S. The molecule has 1 aliphatic heterocycles. The quantitative estimate of drug-likeness (QED) is 0.783. The first-order valence-corrected chi connectivity index (χ1v) is 8.98. The summed E-state index contributed by atoms with van der Waals surface area (Å²) < 4.78 is 5.27. The fourth-order valence-corrected chi connectivity index (χ4v) is 3.56. The number of nitrogens with zero attached hydrogens (tertiary/aromatic N) is 2. The van der Waals surface area contributed by atoms with E-state index in [9.17, 15) is 4.79 Å². The third-order valence-electron chi connectivity index (χ3n) is 4.12. The van der Waals surface area contributed by atoms with Crippen LogP contribution in [0.1, 0.15) is 36.8 Å². The fourth-order valence-electron chi connectivity index (χ4n) is 2.60. The van der Waals surface area contributed by atoms with Crippen molar-refractivity contribution >= 4 is 22.4 Å². The Kier molecular flexibility index (Phi) is 6.64. The maximum absolute atomic E-state index is 12.1. The Balaban J connectivity index is 1.71. The van der Waals surface area contributed by atoms with Crippen molar-refractivity contribution in [2.75, 3.05) is 37.7 Å². The fraction of sp³-hybridized carbons (Fsp3) is 0.750. The molecule has 124 valence electrons. The van der Waals surface area contributed by atoms with Crippen LogP contribution in [0.15, 0.2) is 0 Å². The SMILES string of the molecule is CCOCCCNC(=O)C1CCN(c2nc(C)c(C)s2)CC1. The minimum atomic E-state index is 0.144. The maximum Gasteiger partial charge on any atom is 0.223 e. The van der Waals surface area contributed by atoms with Gasteiger partial charge in [-0.25, -0.2) is 4.98 Å². The van der Waals surface area contributed by atoms with E-state index in [1.165, 1.54) is 4.88 Å². The number of ether oxygens (including phenoxy) is 1. The van der Waals surface area contributed by atoms with Crippen LogP contribution in [0.25, 0.3) is 0 Å². The van der Waals surface area contributed by atoms with Crippen LogP contribution in [0.4, 0.5) is 5.13 Å². The lowest BCUT2D eigenvalue weighted by Gasteiger charge is -2.31. The maximum atomic E-state index is 12.1. The Morgan fingerprint density at radius 2 is 2.14 bits per heavy atom. The van der Waals surface area contributed by atoms with Crippen LogP contribution in [0.3, 0.4) is 0 Å². The molecule has 1 saturated heterocycles. The van der Waals surface area contributed by atoms with Gasteiger partial charge in [-0.1, -0.05) is 0 Å². The van der Waals surface area contributed by atoms with E-state index in [-0.39, 0.29) is 11.8 Å². The van der Waals surface area contributed by atoms with Crippen molar-refractivity contribution in [2.24, 2.45) is 5.92 Å². The minimum absolute atomic E-state index is 0.144. The average molecular weight is 325 g/mol. The number of thiazole rings is 1. The zero-order valence-corrected chi connectivity index (χ0v) is 14.7. The summed E-state index contributed by atoms with van der Waals surface area (Å²) in [5.74, 6) is 0.341. The average Bonchev–Trinajstić information content (AvgIpc) is 2.86. The second kappa shape index (κ2) is 8.48. The van der Waals surface area contributed by atoms with Gasteiger partial charge in [0.1, 0.15) is 0 Å². The summed E-state index contributed by atoms with van der Waals surface area (Å²) >= 11 is 1.75. The van der Waals surface area contributed by atoms with E-state index in [1.807, 2.05) is 6.92 Å². The molecule has 22 heavy (non-hydrogen) atoms. The first-order chi connectivity index (χ1) is 10.6. The topological polar surface area (TPSA) is 54.5 Å². The van der Waals surface area contributed by atoms with Crippen molar-refractivity contribution in [3.05, 3.63) is 10.6 Å². The summed E-state index contributed by atoms with van der Waals surface area (Å²) in [5, 5.41) is 4.13. The second-order valence-corrected chi connectivity index (χ2v) is 6.92. The third kappa shape index (κ3) is 4.68. The summed E-state index contributed by atoms with van der Waals surface area (Å²) in [6, 6.07) is 0. The largest absolute Gasteiger partial charge is 0.382 e. The Morgan fingerprint density at radius 1 is 1.41 bits per heavy atom. The van der Waals surface area contributed by atoms with E-state index in [1.54, 1.807) is 11.3 Å². The third-order valence-corrected chi connectivity index (χ3v) is 5.26. The van der Waals surface area contributed by atoms with Gasteiger partial charge < -0.3 is 15.0 Å². The standard InChI is InChI=1S/C16H27N3O2S/c1-4-21-11-5-8-17-15(20)14-6-9-19(10-7-14)16-18-12(2)13(3)22-16/h14H,4-11H2,1-3H3,(H,17,20). The van der Waals surface area contributed by atoms with Crippen molar-refractivity contribution in [3.8, 4) is 0 Å². The predicted molar refractivity (Wildman–Crippen MR) is 90.6 cm³/mol. The molecule has 0 radical (unpaired) electrons. The molecule has 0 aromatic carbocycles. The number of hydrogen-bond acceptors (Lipinski definition) is 5. The lowest BCUT2D eigenvalue weighted by atomic mass is 9.96. The van der Waals surface area contributed by atoms with Crippen LogP contribution in [-0.4, -0.2) is 43.7 Å². The highest BCUT2D eigenvalue weighted by Crippen LogP contribution is 2.29. The molecule has 1 aromatic heterocycles. The Morgan fingerprint density at radius 3 is 2.73 bits per heavy atom. The highest BCUT2D eigenvalue weighted by Gasteiger charge is 2.26. The van der Waals surface area contributed by atoms with E-state index < -0.39 is 0 Å². The monoisotopic (exact) mass is 325 g/mol. The normalized spacial score (nSPS) is 16.0. The molecule has 1 amide bonds. The van der Waals surface area contributed by atoms with Gasteiger partial charge in [-0.2, -0.15) is 0 Å². The second-order valence-electron chi connectivity index (χ2n) is 5.74. The first kappa shape index (κ1) is 17.2. The van der Waals surface area contributed by atoms with Gasteiger partial charge in [0.2, 0.25) is 5.91 Å². The van der Waals surface area contributed by atoms with Gasteiger partial charge in [-0.05, 0) is 40.0 Å². The van der Waals surface area contributed by atoms with Crippen LogP contribution < -0.4 is 10.2 Å². The molecule has 0 unspecified atom stereocenters. The van der Waals surface area contributed by atoms with Gasteiger partial charge in [-0.3, -0.25) is 4.79 Å². The smallest absolute Gasteiger partial charge is 0.223 e. The molecular weight excluding hydrogens is 298 g/mol. The molecule has 0 saturated carbocycles. The number of aryl methyl sites for hydroxylation is 2. The lowest BCUT2D eigenvalue weighted by molar-refractivity contribution is -0.125. The molecule has 0 atom stereocenters. The summed E-state index contributed by atoms with van der Waals surface area (Å²) in [6.45, 7) is 10.2. The number of rotatable bonds is 7. The molecule has 5 nitrogen and oxygen atoms in total. The van der Waals surface area contributed by atoms with Crippen molar-refractivity contribution in [2.45, 2.75) is 40.0 Å². The summed E-state index contributed by atoms with van der Waals surface area (Å²) in [5.41, 5.74) is 1.12. The molecule has 1 fully saturated rings. The minimum Gasteiger partial charge on any atom is -0.382 e. The molecule has 0 bridgehead atoms. The number of anilines is 1. The van der Waals surface area contributed by atoms with E-state index >= 15 is 0 Å². The van der Waals surface area contributed by atoms with Gasteiger partial charge in [0.05, 0.1) is 5.69 Å². The van der Waals surface area contributed by atoms with Crippen molar-refractivity contribution in [3.63, 3.8) is 0 Å². The molecule has 2 rings (SSSR count). The zero-order chi connectivity index (χ0) is 15.9. The number of amides is 1. The number of hydrogen-bond donors (Lipinski definition) is 1. The van der Waals surface area contributed by atoms with Crippen LogP contribution in [0.5, 0.6) is 0 Å². The van der Waals surface area contributed by atoms with Crippen molar-refractivity contribution < 1.29 is 9.53 Å². The van der Waals surface area contributed by atoms with Gasteiger partial charge in [0, 0.05) is 43.6 Å². The zero-order valence-electron chi connectivity index (χ0n) is 13.9. The molecule has 1 aromatic rings. The number of nitrogens with one attached hydrogen (secondary N) is 1. The van der Waals surface area contributed by atoms with E-state index in [2.05, 4.69) is 29.0 Å². The van der Waals surface area contributed by atoms with E-state index in [0.29, 0.717) is 6.54 Å². The number of carbonyl (C=O) groups is 1. The summed E-state index contributed by atoms with van der Waals surface area (Å²) in [6.07, 6.45) is 2.71. The van der Waals surface area contributed by atoms with Crippen LogP contribution in [0.2, 0.25) is 0 Å². The van der Waals surface area contributed by atoms with Crippen LogP contribution in [0, 0.1) is 19.8 Å². The molecule has 1 aliphatic rings. The number of carbonyl (C=O) groups excluding carboxylic acids is 1. The van der Waals surface area contributed by atoms with Crippen molar-refractivity contribution in [1.82, 2.24) is 10.3 Å². The molecule has 6 heteroatoms. The first-order valence-electron chi connectivity index (χ1n) is 8.16. The van der Waals surface area contributed by atoms with Gasteiger partial charge in [0.15, 0.2) is 5.13 Å². The molecule has 0 aliphatic carbocycles. The lowest BCUT2D eigenvalue weighted by Crippen LogP contribution is -2.40. The van der Waals surface area contributed by atoms with Crippen LogP contribution in [-0.2, 0) is 9.53 Å². The van der Waals surface area contributed by atoms with E-state index in [0.717, 1.165) is 56.4 Å². The van der Waals surface area contributed by atoms with E-state index in [4.69, 9.17) is 4.74 Å². The molecule has 2 heterocycles. The number of aromatic nitrogens is 1. The van der Waals surface area contributed by atoms with Gasteiger partial charge in [0.25, 0.3) is 0 Å². The predicted octanol–water partition coefficient (Wildman–Crippen LogP) is 2.52. The summed E-state index contributed by atoms with van der Waals surface area (Å²) in [7, 11) is 0. The Bertz CT molecular complexity index is 462. The van der Waals surface area contributed by atoms with Crippen molar-refractivity contribution in [1.29, 1.82) is 0 Å². The number of piperidine rings is 1. The Labute approximate surface area is 137 Å². The summed E-state index contributed by atoms with van der Waals surface area (Å²) in [4.78, 5) is 20.4. The Hall–Kier alpha value is -1.14. The molecule has 1 N–H and O–H groups in total. The van der Waals surface area contributed by atoms with Crippen LogP contribution >= 0.6 is 11.3 Å². The highest BCUT2D eigenvalue weighted by atomic mass is 32.1.